The van der Waals surface area contributed by atoms with Gasteiger partial charge in [0.25, 0.3) is 5.91 Å². The van der Waals surface area contributed by atoms with Gasteiger partial charge in [0.15, 0.2) is 0 Å². The molecule has 1 aromatic carbocycles. The summed E-state index contributed by atoms with van der Waals surface area (Å²) in [5, 5.41) is 10.5. The molecule has 1 saturated heterocycles. The summed E-state index contributed by atoms with van der Waals surface area (Å²) < 4.78 is 0. The summed E-state index contributed by atoms with van der Waals surface area (Å²) in [6, 6.07) is 6.82. The van der Waals surface area contributed by atoms with Gasteiger partial charge in [-0.05, 0) is 38.4 Å². The summed E-state index contributed by atoms with van der Waals surface area (Å²) in [5.74, 6) is -0.0601. The highest BCUT2D eigenvalue weighted by Gasteiger charge is 2.35. The lowest BCUT2D eigenvalue weighted by atomic mass is 10.2. The van der Waals surface area contributed by atoms with Crippen LogP contribution in [0.3, 0.4) is 0 Å². The molecule has 1 fully saturated rings. The van der Waals surface area contributed by atoms with Crippen LogP contribution >= 0.6 is 11.6 Å². The maximum absolute atomic E-state index is 12.2. The lowest BCUT2D eigenvalue weighted by Crippen LogP contribution is -2.38. The number of nitrogens with zero attached hydrogens (tertiary/aromatic N) is 2. The van der Waals surface area contributed by atoms with E-state index in [2.05, 4.69) is 0 Å². The third-order valence-electron chi connectivity index (χ3n) is 3.30. The number of likely N-dealkylation sites (tertiary alicyclic amines) is 1. The Balaban J connectivity index is 2.09. The Bertz CT molecular complexity index is 433. The van der Waals surface area contributed by atoms with Crippen molar-refractivity contribution in [3.8, 4) is 0 Å². The van der Waals surface area contributed by atoms with Gasteiger partial charge in [0.1, 0.15) is 0 Å². The van der Waals surface area contributed by atoms with E-state index in [1.807, 2.05) is 19.0 Å². The minimum atomic E-state index is -0.490. The molecule has 1 aliphatic rings. The van der Waals surface area contributed by atoms with Gasteiger partial charge in [0.05, 0.1) is 12.1 Å². The van der Waals surface area contributed by atoms with Crippen LogP contribution in [-0.4, -0.2) is 60.1 Å². The lowest BCUT2D eigenvalue weighted by Gasteiger charge is -2.21. The van der Waals surface area contributed by atoms with Crippen molar-refractivity contribution in [2.24, 2.45) is 0 Å². The second kappa shape index (κ2) is 5.26. The van der Waals surface area contributed by atoms with Gasteiger partial charge in [-0.15, -0.1) is 0 Å². The number of rotatable bonds is 2. The molecule has 2 atom stereocenters. The highest BCUT2D eigenvalue weighted by atomic mass is 35.5. The van der Waals surface area contributed by atoms with Gasteiger partial charge in [-0.25, -0.2) is 0 Å². The first-order valence-electron chi connectivity index (χ1n) is 5.88. The smallest absolute Gasteiger partial charge is 0.253 e. The first-order valence-corrected chi connectivity index (χ1v) is 6.26. The summed E-state index contributed by atoms with van der Waals surface area (Å²) in [6.45, 7) is 0.930. The zero-order valence-corrected chi connectivity index (χ0v) is 11.3. The SMILES string of the molecule is CN(C)[C@H]1CN(C(=O)c2ccc(Cl)cc2)C[C@@H]1O. The van der Waals surface area contributed by atoms with Crippen LogP contribution < -0.4 is 0 Å². The fraction of sp³-hybridized carbons (Fsp3) is 0.462. The van der Waals surface area contributed by atoms with Crippen molar-refractivity contribution in [3.63, 3.8) is 0 Å². The number of hydrogen-bond donors (Lipinski definition) is 1. The molecular weight excluding hydrogens is 252 g/mol. The van der Waals surface area contributed by atoms with E-state index in [-0.39, 0.29) is 11.9 Å². The molecule has 0 aliphatic carbocycles. The second-order valence-electron chi connectivity index (χ2n) is 4.82. The maximum atomic E-state index is 12.2. The monoisotopic (exact) mass is 268 g/mol. The molecule has 1 amide bonds. The summed E-state index contributed by atoms with van der Waals surface area (Å²) in [5.41, 5.74) is 0.603. The van der Waals surface area contributed by atoms with Gasteiger partial charge in [0, 0.05) is 23.7 Å². The van der Waals surface area contributed by atoms with E-state index in [0.717, 1.165) is 0 Å². The highest BCUT2D eigenvalue weighted by molar-refractivity contribution is 6.30. The van der Waals surface area contributed by atoms with Gasteiger partial charge in [0.2, 0.25) is 0 Å². The first kappa shape index (κ1) is 13.3. The molecule has 1 heterocycles. The van der Waals surface area contributed by atoms with Crippen molar-refractivity contribution in [3.05, 3.63) is 34.9 Å². The molecule has 4 nitrogen and oxygen atoms in total. The Morgan fingerprint density at radius 2 is 1.94 bits per heavy atom. The number of hydrogen-bond acceptors (Lipinski definition) is 3. The van der Waals surface area contributed by atoms with Crippen molar-refractivity contribution >= 4 is 17.5 Å². The van der Waals surface area contributed by atoms with Crippen LogP contribution in [0.15, 0.2) is 24.3 Å². The molecule has 0 aromatic heterocycles. The summed E-state index contributed by atoms with van der Waals surface area (Å²) in [4.78, 5) is 15.8. The fourth-order valence-electron chi connectivity index (χ4n) is 2.22. The molecule has 0 spiro atoms. The number of carbonyl (C=O) groups excluding carboxylic acids is 1. The number of halogens is 1. The Morgan fingerprint density at radius 1 is 1.33 bits per heavy atom. The van der Waals surface area contributed by atoms with Crippen molar-refractivity contribution < 1.29 is 9.90 Å². The van der Waals surface area contributed by atoms with E-state index in [1.165, 1.54) is 0 Å². The van der Waals surface area contributed by atoms with Gasteiger partial charge >= 0.3 is 0 Å². The van der Waals surface area contributed by atoms with E-state index >= 15 is 0 Å². The topological polar surface area (TPSA) is 43.8 Å². The molecule has 2 rings (SSSR count). The van der Waals surface area contributed by atoms with E-state index in [9.17, 15) is 9.90 Å². The van der Waals surface area contributed by atoms with Crippen LogP contribution in [0.2, 0.25) is 5.02 Å². The van der Waals surface area contributed by atoms with E-state index in [1.54, 1.807) is 29.2 Å². The molecule has 1 N–H and O–H groups in total. The normalized spacial score (nSPS) is 23.7. The van der Waals surface area contributed by atoms with Crippen molar-refractivity contribution in [2.45, 2.75) is 12.1 Å². The molecule has 0 saturated carbocycles. The molecule has 18 heavy (non-hydrogen) atoms. The number of likely N-dealkylation sites (N-methyl/N-ethyl adjacent to an activating group) is 1. The summed E-state index contributed by atoms with van der Waals surface area (Å²) in [6.07, 6.45) is -0.490. The molecule has 1 aromatic rings. The Morgan fingerprint density at radius 3 is 2.44 bits per heavy atom. The predicted molar refractivity (Wildman–Crippen MR) is 70.8 cm³/mol. The zero-order valence-electron chi connectivity index (χ0n) is 10.5. The van der Waals surface area contributed by atoms with Crippen LogP contribution in [0.1, 0.15) is 10.4 Å². The molecule has 5 heteroatoms. The third kappa shape index (κ3) is 2.66. The average molecular weight is 269 g/mol. The summed E-state index contributed by atoms with van der Waals surface area (Å²) >= 11 is 5.79. The van der Waals surface area contributed by atoms with Crippen LogP contribution in [0.25, 0.3) is 0 Å². The minimum Gasteiger partial charge on any atom is -0.390 e. The van der Waals surface area contributed by atoms with Crippen molar-refractivity contribution in [1.82, 2.24) is 9.80 Å². The van der Waals surface area contributed by atoms with Crippen LogP contribution in [0.4, 0.5) is 0 Å². The quantitative estimate of drug-likeness (QED) is 0.873. The van der Waals surface area contributed by atoms with Gasteiger partial charge in [-0.1, -0.05) is 11.6 Å². The number of aliphatic hydroxyl groups excluding tert-OH is 1. The van der Waals surface area contributed by atoms with Gasteiger partial charge in [-0.3, -0.25) is 4.79 Å². The van der Waals surface area contributed by atoms with Crippen molar-refractivity contribution in [2.75, 3.05) is 27.2 Å². The number of amides is 1. The number of β-amino-alcohol motifs (C(OH)–C–C–N with tert-alkyl or cyclic N) is 1. The number of carbonyl (C=O) groups is 1. The average Bonchev–Trinajstić information content (AvgIpc) is 2.71. The fourth-order valence-corrected chi connectivity index (χ4v) is 2.34. The van der Waals surface area contributed by atoms with Crippen LogP contribution in [-0.2, 0) is 0 Å². The Labute approximate surface area is 112 Å². The Hall–Kier alpha value is -1.10. The third-order valence-corrected chi connectivity index (χ3v) is 3.55. The maximum Gasteiger partial charge on any atom is 0.253 e. The first-order chi connectivity index (χ1) is 8.49. The van der Waals surface area contributed by atoms with Crippen LogP contribution in [0, 0.1) is 0 Å². The zero-order chi connectivity index (χ0) is 13.3. The van der Waals surface area contributed by atoms with Gasteiger partial charge < -0.3 is 14.9 Å². The van der Waals surface area contributed by atoms with E-state index in [0.29, 0.717) is 23.7 Å². The highest BCUT2D eigenvalue weighted by Crippen LogP contribution is 2.18. The second-order valence-corrected chi connectivity index (χ2v) is 5.25. The minimum absolute atomic E-state index is 0.00116. The molecular formula is C13H17ClN2O2. The Kier molecular flexibility index (Phi) is 3.90. The lowest BCUT2D eigenvalue weighted by molar-refractivity contribution is 0.0764. The van der Waals surface area contributed by atoms with Gasteiger partial charge in [-0.2, -0.15) is 0 Å². The number of aliphatic hydroxyl groups is 1. The van der Waals surface area contributed by atoms with Crippen molar-refractivity contribution in [1.29, 1.82) is 0 Å². The van der Waals surface area contributed by atoms with E-state index in [4.69, 9.17) is 11.6 Å². The molecule has 0 radical (unpaired) electrons. The largest absolute Gasteiger partial charge is 0.390 e. The predicted octanol–water partition coefficient (Wildman–Crippen LogP) is 1.09. The molecule has 98 valence electrons. The molecule has 1 aliphatic heterocycles. The molecule has 0 unspecified atom stereocenters. The van der Waals surface area contributed by atoms with Crippen LogP contribution in [0.5, 0.6) is 0 Å². The van der Waals surface area contributed by atoms with E-state index < -0.39 is 6.10 Å². The summed E-state index contributed by atoms with van der Waals surface area (Å²) in [7, 11) is 3.81. The standard InChI is InChI=1S/C13H17ClN2O2/c1-15(2)11-7-16(8-12(11)17)13(18)9-3-5-10(14)6-4-9/h3-6,11-12,17H,7-8H2,1-2H3/t11-,12-/m0/s1. The molecule has 0 bridgehead atoms. The number of benzene rings is 1.